The number of amides is 2. The van der Waals surface area contributed by atoms with Gasteiger partial charge in [-0.15, -0.1) is 0 Å². The van der Waals surface area contributed by atoms with Gasteiger partial charge in [-0.1, -0.05) is 0 Å². The number of hydrogen-bond acceptors (Lipinski definition) is 2. The van der Waals surface area contributed by atoms with Gasteiger partial charge in [-0.25, -0.2) is 10.6 Å². The van der Waals surface area contributed by atoms with Crippen LogP contribution in [0.5, 0.6) is 0 Å². The van der Waals surface area contributed by atoms with E-state index in [-0.39, 0.29) is 83.8 Å². The number of nitrogens with one attached hydrogen (secondary N) is 1. The molecule has 0 spiro atoms. The molecule has 6 heteroatoms. The van der Waals surface area contributed by atoms with E-state index in [0.717, 1.165) is 0 Å². The average Bonchev–Trinajstić information content (AvgIpc) is 1.38. The van der Waals surface area contributed by atoms with E-state index in [0.29, 0.717) is 0 Å². The van der Waals surface area contributed by atoms with Gasteiger partial charge >= 0.3 is 87.0 Å². The van der Waals surface area contributed by atoms with E-state index in [1.165, 1.54) is 0 Å². The molecular formula is CH7KN3NaO. The van der Waals surface area contributed by atoms with E-state index in [1.807, 2.05) is 0 Å². The number of rotatable bonds is 0. The molecule has 0 aromatic carbocycles. The number of nitrogens with two attached hydrogens (primary N) is 2. The number of urea groups is 1. The third-order valence-electron chi connectivity index (χ3n) is 0.142. The van der Waals surface area contributed by atoms with Crippen LogP contribution in [0, 0.1) is 0 Å². The molecule has 0 rings (SSSR count). The van der Waals surface area contributed by atoms with Crippen molar-refractivity contribution in [2.75, 3.05) is 0 Å². The van der Waals surface area contributed by atoms with E-state index in [2.05, 4.69) is 11.6 Å². The van der Waals surface area contributed by atoms with Crippen molar-refractivity contribution in [3.05, 3.63) is 0 Å². The van der Waals surface area contributed by atoms with Crippen molar-refractivity contribution in [1.82, 2.24) is 5.43 Å². The van der Waals surface area contributed by atoms with Crippen LogP contribution in [0.25, 0.3) is 0 Å². The summed E-state index contributed by atoms with van der Waals surface area (Å²) >= 11 is 0. The van der Waals surface area contributed by atoms with Gasteiger partial charge in [0.15, 0.2) is 0 Å². The topological polar surface area (TPSA) is 81.1 Å². The number of hydrazine groups is 1. The standard InChI is InChI=1S/CH5N3O.K.Na.2H/c2-1(5)4-3;;;;/h3H2,(H3,2,4,5);;;;/q;2*+1;2*-1. The number of carbonyl (C=O) groups excluding carboxylic acids is 1. The van der Waals surface area contributed by atoms with Gasteiger partial charge in [-0.05, 0) is 0 Å². The van der Waals surface area contributed by atoms with Crippen molar-refractivity contribution in [1.29, 1.82) is 0 Å². The summed E-state index contributed by atoms with van der Waals surface area (Å²) in [5.74, 6) is 4.45. The first-order chi connectivity index (χ1) is 2.27. The third kappa shape index (κ3) is 18.1. The van der Waals surface area contributed by atoms with E-state index < -0.39 is 6.03 Å². The molecule has 0 heterocycles. The first-order valence-electron chi connectivity index (χ1n) is 1.03. The van der Waals surface area contributed by atoms with Gasteiger partial charge in [-0.3, -0.25) is 5.43 Å². The summed E-state index contributed by atoms with van der Waals surface area (Å²) in [6.07, 6.45) is 0. The molecule has 0 atom stereocenters. The summed E-state index contributed by atoms with van der Waals surface area (Å²) < 4.78 is 0. The van der Waals surface area contributed by atoms with Crippen LogP contribution in [0.4, 0.5) is 4.79 Å². The van der Waals surface area contributed by atoms with Crippen molar-refractivity contribution in [3.8, 4) is 0 Å². The molecule has 0 fully saturated rings. The summed E-state index contributed by atoms with van der Waals surface area (Å²) in [6, 6.07) is -0.718. The second kappa shape index (κ2) is 10.8. The Labute approximate surface area is 109 Å². The molecule has 0 aliphatic rings. The molecule has 0 radical (unpaired) electrons. The van der Waals surface area contributed by atoms with E-state index in [4.69, 9.17) is 0 Å². The Morgan fingerprint density at radius 1 is 1.71 bits per heavy atom. The minimum atomic E-state index is -0.718. The normalized spacial score (nSPS) is 4.71. The fourth-order valence-corrected chi connectivity index (χ4v) is 0. The van der Waals surface area contributed by atoms with Crippen LogP contribution in [0.2, 0.25) is 0 Å². The summed E-state index contributed by atoms with van der Waals surface area (Å²) in [7, 11) is 0. The monoisotopic (exact) mass is 139 g/mol. The van der Waals surface area contributed by atoms with Crippen LogP contribution in [-0.4, -0.2) is 6.03 Å². The molecular weight excluding hydrogens is 132 g/mol. The second-order valence-electron chi connectivity index (χ2n) is 0.509. The zero-order valence-corrected chi connectivity index (χ0v) is 9.69. The zero-order chi connectivity index (χ0) is 4.28. The van der Waals surface area contributed by atoms with Crippen LogP contribution in [0.15, 0.2) is 0 Å². The molecule has 2 amide bonds. The fourth-order valence-electron chi connectivity index (χ4n) is 0. The quantitative estimate of drug-likeness (QED) is 0.135. The summed E-state index contributed by atoms with van der Waals surface area (Å²) in [5.41, 5.74) is 6.08. The van der Waals surface area contributed by atoms with E-state index in [9.17, 15) is 4.79 Å². The van der Waals surface area contributed by atoms with Gasteiger partial charge < -0.3 is 8.59 Å². The van der Waals surface area contributed by atoms with Gasteiger partial charge in [-0.2, -0.15) is 0 Å². The van der Waals surface area contributed by atoms with E-state index in [1.54, 1.807) is 5.43 Å². The third-order valence-corrected chi connectivity index (χ3v) is 0.142. The van der Waals surface area contributed by atoms with Crippen LogP contribution in [-0.2, 0) is 0 Å². The molecule has 4 nitrogen and oxygen atoms in total. The number of hydrogen-bond donors (Lipinski definition) is 3. The molecule has 34 valence electrons. The van der Waals surface area contributed by atoms with Gasteiger partial charge in [0.05, 0.1) is 0 Å². The summed E-state index contributed by atoms with van der Waals surface area (Å²) in [6.45, 7) is 0. The van der Waals surface area contributed by atoms with Crippen LogP contribution in [0.3, 0.4) is 0 Å². The van der Waals surface area contributed by atoms with Crippen molar-refractivity contribution in [3.63, 3.8) is 0 Å². The molecule has 0 bridgehead atoms. The molecule has 0 aliphatic heterocycles. The maximum absolute atomic E-state index is 9.35. The Morgan fingerprint density at radius 3 is 1.86 bits per heavy atom. The van der Waals surface area contributed by atoms with Crippen LogP contribution in [0.1, 0.15) is 2.85 Å². The van der Waals surface area contributed by atoms with Crippen molar-refractivity contribution in [2.24, 2.45) is 11.6 Å². The molecule has 0 aromatic rings. The van der Waals surface area contributed by atoms with Gasteiger partial charge in [0.25, 0.3) is 0 Å². The van der Waals surface area contributed by atoms with Gasteiger partial charge in [0.1, 0.15) is 0 Å². The predicted molar refractivity (Wildman–Crippen MR) is 19.1 cm³/mol. The minimum Gasteiger partial charge on any atom is -1.00 e. The molecule has 0 aromatic heterocycles. The Balaban J connectivity index is -0.0000000133. The predicted octanol–water partition coefficient (Wildman–Crippen LogP) is -7.24. The molecule has 0 saturated carbocycles. The Morgan fingerprint density at radius 2 is 1.86 bits per heavy atom. The second-order valence-corrected chi connectivity index (χ2v) is 0.509. The molecule has 5 N–H and O–H groups in total. The molecule has 0 unspecified atom stereocenters. The van der Waals surface area contributed by atoms with Gasteiger partial charge in [0, 0.05) is 0 Å². The van der Waals surface area contributed by atoms with Crippen molar-refractivity contribution in [2.45, 2.75) is 0 Å². The SMILES string of the molecule is NNC(N)=O.[H-].[H-].[K+].[Na+]. The average molecular weight is 139 g/mol. The summed E-state index contributed by atoms with van der Waals surface area (Å²) in [4.78, 5) is 9.35. The first kappa shape index (κ1) is 15.9. The number of primary amides is 1. The smallest absolute Gasteiger partial charge is 1.00 e. The van der Waals surface area contributed by atoms with Crippen molar-refractivity contribution < 1.29 is 88.6 Å². The fraction of sp³-hybridized carbons (Fsp3) is 0. The minimum absolute atomic E-state index is 0. The van der Waals surface area contributed by atoms with Crippen LogP contribution >= 0.6 is 0 Å². The maximum atomic E-state index is 9.35. The Bertz CT molecular complexity index is 57.1. The number of carbonyl (C=O) groups is 1. The maximum Gasteiger partial charge on any atom is 1.00 e. The van der Waals surface area contributed by atoms with Gasteiger partial charge in [0.2, 0.25) is 0 Å². The first-order valence-corrected chi connectivity index (χ1v) is 1.03. The van der Waals surface area contributed by atoms with E-state index >= 15 is 0 Å². The largest absolute Gasteiger partial charge is 1.00 e. The van der Waals surface area contributed by atoms with Crippen LogP contribution < -0.4 is 97.9 Å². The van der Waals surface area contributed by atoms with Crippen molar-refractivity contribution >= 4 is 6.03 Å². The zero-order valence-electron chi connectivity index (χ0n) is 6.56. The summed E-state index contributed by atoms with van der Waals surface area (Å²) in [5, 5.41) is 0. The molecule has 0 aliphatic carbocycles. The molecule has 7 heavy (non-hydrogen) atoms. The Kier molecular flexibility index (Phi) is 24.5. The Hall–Kier alpha value is 1.87. The molecule has 0 saturated heterocycles.